The van der Waals surface area contributed by atoms with E-state index < -0.39 is 15.8 Å². The molecule has 0 saturated carbocycles. The smallest absolute Gasteiger partial charge is 0.408 e. The van der Waals surface area contributed by atoms with Crippen LogP contribution in [-0.2, 0) is 10.0 Å². The van der Waals surface area contributed by atoms with E-state index in [1.807, 2.05) is 0 Å². The number of H-pyrrole nitrogens is 1. The van der Waals surface area contributed by atoms with Crippen LogP contribution >= 0.6 is 0 Å². The maximum Gasteiger partial charge on any atom is 0.417 e. The predicted molar refractivity (Wildman–Crippen MR) is 104 cm³/mol. The van der Waals surface area contributed by atoms with E-state index in [9.17, 15) is 13.2 Å². The third-order valence-electron chi connectivity index (χ3n) is 5.01. The molecule has 0 aliphatic carbocycles. The summed E-state index contributed by atoms with van der Waals surface area (Å²) in [6.45, 7) is 8.53. The number of likely N-dealkylation sites (N-methyl/N-ethyl adjacent to an activating group) is 1. The van der Waals surface area contributed by atoms with Gasteiger partial charge in [-0.2, -0.15) is 0 Å². The molecular weight excluding hydrogens is 368 g/mol. The maximum absolute atomic E-state index is 12.7. The normalized spacial score (nSPS) is 18.4. The van der Waals surface area contributed by atoms with E-state index in [1.54, 1.807) is 6.07 Å². The monoisotopic (exact) mass is 396 g/mol. The minimum absolute atomic E-state index is 0.0967. The van der Waals surface area contributed by atoms with E-state index in [4.69, 9.17) is 4.42 Å². The van der Waals surface area contributed by atoms with Crippen molar-refractivity contribution >= 4 is 21.1 Å². The van der Waals surface area contributed by atoms with Gasteiger partial charge in [-0.25, -0.2) is 17.9 Å². The first-order valence-corrected chi connectivity index (χ1v) is 10.8. The van der Waals surface area contributed by atoms with Gasteiger partial charge in [-0.3, -0.25) is 9.88 Å². The Labute approximate surface area is 159 Å². The van der Waals surface area contributed by atoms with Gasteiger partial charge >= 0.3 is 5.76 Å². The second kappa shape index (κ2) is 8.14. The van der Waals surface area contributed by atoms with Crippen molar-refractivity contribution in [1.29, 1.82) is 0 Å². The molecule has 2 aromatic rings. The topological polar surface area (TPSA) is 98.6 Å². The molecule has 1 unspecified atom stereocenters. The van der Waals surface area contributed by atoms with Gasteiger partial charge < -0.3 is 9.32 Å². The number of fused-ring (bicyclic) bond motifs is 1. The zero-order valence-corrected chi connectivity index (χ0v) is 16.9. The fourth-order valence-corrected chi connectivity index (χ4v) is 4.56. The zero-order chi connectivity index (χ0) is 19.6. The van der Waals surface area contributed by atoms with Gasteiger partial charge in [-0.1, -0.05) is 13.8 Å². The Kier molecular flexibility index (Phi) is 6.05. The first-order chi connectivity index (χ1) is 12.7. The summed E-state index contributed by atoms with van der Waals surface area (Å²) in [5, 5.41) is 0. The number of hydrogen-bond acceptors (Lipinski definition) is 6. The van der Waals surface area contributed by atoms with Crippen molar-refractivity contribution in [2.75, 3.05) is 39.8 Å². The number of aromatic nitrogens is 1. The van der Waals surface area contributed by atoms with Crippen molar-refractivity contribution < 1.29 is 12.8 Å². The molecule has 1 aromatic carbocycles. The van der Waals surface area contributed by atoms with Crippen LogP contribution in [0.3, 0.4) is 0 Å². The highest BCUT2D eigenvalue weighted by Crippen LogP contribution is 2.18. The number of aromatic amines is 1. The first kappa shape index (κ1) is 20.1. The number of rotatable bonds is 7. The minimum Gasteiger partial charge on any atom is -0.408 e. The Bertz CT molecular complexity index is 926. The van der Waals surface area contributed by atoms with E-state index >= 15 is 0 Å². The van der Waals surface area contributed by atoms with E-state index in [1.165, 1.54) is 12.1 Å². The van der Waals surface area contributed by atoms with Crippen LogP contribution < -0.4 is 10.5 Å². The standard InChI is InChI=1S/C18H28N4O4S/c1-13(2)10-14(22-8-6-21(3)7-9-22)12-19-27(24,25)15-4-5-16-17(11-15)26-18(23)20-16/h4-5,11,13-14,19H,6-10,12H2,1-3H3,(H,20,23). The number of benzene rings is 1. The molecule has 1 atom stereocenters. The largest absolute Gasteiger partial charge is 0.417 e. The third-order valence-corrected chi connectivity index (χ3v) is 6.43. The molecule has 0 spiro atoms. The Balaban J connectivity index is 1.72. The summed E-state index contributed by atoms with van der Waals surface area (Å²) in [4.78, 5) is 18.5. The van der Waals surface area contributed by atoms with E-state index in [0.717, 1.165) is 32.6 Å². The average Bonchev–Trinajstić information content (AvgIpc) is 2.98. The quantitative estimate of drug-likeness (QED) is 0.726. The highest BCUT2D eigenvalue weighted by Gasteiger charge is 2.25. The zero-order valence-electron chi connectivity index (χ0n) is 16.1. The lowest BCUT2D eigenvalue weighted by Gasteiger charge is -2.38. The number of oxazole rings is 1. The van der Waals surface area contributed by atoms with Gasteiger partial charge in [0.05, 0.1) is 10.4 Å². The molecule has 0 bridgehead atoms. The minimum atomic E-state index is -3.69. The van der Waals surface area contributed by atoms with Gasteiger partial charge in [-0.05, 0) is 31.5 Å². The van der Waals surface area contributed by atoms with Gasteiger partial charge in [0.25, 0.3) is 0 Å². The lowest BCUT2D eigenvalue weighted by atomic mass is 10.0. The van der Waals surface area contributed by atoms with Gasteiger partial charge in [0.15, 0.2) is 5.58 Å². The Morgan fingerprint density at radius 1 is 1.22 bits per heavy atom. The number of hydrogen-bond donors (Lipinski definition) is 2. The van der Waals surface area contributed by atoms with E-state index in [2.05, 4.69) is 40.4 Å². The van der Waals surface area contributed by atoms with Crippen molar-refractivity contribution in [2.24, 2.45) is 5.92 Å². The number of nitrogens with zero attached hydrogens (tertiary/aromatic N) is 2. The summed E-state index contributed by atoms with van der Waals surface area (Å²) in [6, 6.07) is 4.55. The van der Waals surface area contributed by atoms with Crippen LogP contribution in [0.1, 0.15) is 20.3 Å². The maximum atomic E-state index is 12.7. The lowest BCUT2D eigenvalue weighted by molar-refractivity contribution is 0.102. The molecule has 0 radical (unpaired) electrons. The number of piperazine rings is 1. The molecule has 1 saturated heterocycles. The number of nitrogens with one attached hydrogen (secondary N) is 2. The van der Waals surface area contributed by atoms with Crippen molar-refractivity contribution in [1.82, 2.24) is 19.5 Å². The van der Waals surface area contributed by atoms with Crippen molar-refractivity contribution in [3.63, 3.8) is 0 Å². The molecule has 1 aliphatic rings. The van der Waals surface area contributed by atoms with Gasteiger partial charge in [0.1, 0.15) is 0 Å². The average molecular weight is 397 g/mol. The predicted octanol–water partition coefficient (Wildman–Crippen LogP) is 1.06. The van der Waals surface area contributed by atoms with E-state index in [-0.39, 0.29) is 16.5 Å². The molecule has 1 fully saturated rings. The molecular formula is C18H28N4O4S. The molecule has 3 rings (SSSR count). The fraction of sp³-hybridized carbons (Fsp3) is 0.611. The SMILES string of the molecule is CC(C)CC(CNS(=O)(=O)c1ccc2[nH]c(=O)oc2c1)N1CCN(C)CC1. The third kappa shape index (κ3) is 4.98. The van der Waals surface area contributed by atoms with Crippen LogP contribution in [-0.4, -0.2) is 69.0 Å². The second-order valence-electron chi connectivity index (χ2n) is 7.65. The van der Waals surface area contributed by atoms with Gasteiger partial charge in [-0.15, -0.1) is 0 Å². The Morgan fingerprint density at radius 3 is 2.59 bits per heavy atom. The Hall–Kier alpha value is -1.68. The van der Waals surface area contributed by atoms with Crippen molar-refractivity contribution in [2.45, 2.75) is 31.2 Å². The highest BCUT2D eigenvalue weighted by atomic mass is 32.2. The van der Waals surface area contributed by atoms with Crippen molar-refractivity contribution in [3.05, 3.63) is 28.7 Å². The lowest BCUT2D eigenvalue weighted by Crippen LogP contribution is -2.52. The molecule has 0 amide bonds. The number of sulfonamides is 1. The van der Waals surface area contributed by atoms with Crippen LogP contribution in [0.15, 0.2) is 32.3 Å². The second-order valence-corrected chi connectivity index (χ2v) is 9.41. The summed E-state index contributed by atoms with van der Waals surface area (Å²) >= 11 is 0. The summed E-state index contributed by atoms with van der Waals surface area (Å²) in [6.07, 6.45) is 0.929. The Morgan fingerprint density at radius 2 is 1.93 bits per heavy atom. The van der Waals surface area contributed by atoms with Crippen LogP contribution in [0, 0.1) is 5.92 Å². The summed E-state index contributed by atoms with van der Waals surface area (Å²) in [5.41, 5.74) is 0.717. The molecule has 8 nitrogen and oxygen atoms in total. The van der Waals surface area contributed by atoms with Crippen molar-refractivity contribution in [3.8, 4) is 0 Å². The van der Waals surface area contributed by atoms with E-state index in [0.29, 0.717) is 18.0 Å². The van der Waals surface area contributed by atoms with Crippen LogP contribution in [0.25, 0.3) is 11.1 Å². The first-order valence-electron chi connectivity index (χ1n) is 9.30. The molecule has 1 aromatic heterocycles. The fourth-order valence-electron chi connectivity index (χ4n) is 3.47. The summed E-state index contributed by atoms with van der Waals surface area (Å²) in [5.74, 6) is -0.121. The highest BCUT2D eigenvalue weighted by molar-refractivity contribution is 7.89. The van der Waals surface area contributed by atoms with Gasteiger partial charge in [0, 0.05) is 44.8 Å². The molecule has 9 heteroatoms. The summed E-state index contributed by atoms with van der Waals surface area (Å²) in [7, 11) is -1.58. The molecule has 1 aliphatic heterocycles. The van der Waals surface area contributed by atoms with Crippen LogP contribution in [0.5, 0.6) is 0 Å². The summed E-state index contributed by atoms with van der Waals surface area (Å²) < 4.78 is 33.2. The molecule has 2 heterocycles. The van der Waals surface area contributed by atoms with Crippen LogP contribution in [0.4, 0.5) is 0 Å². The molecule has 150 valence electrons. The van der Waals surface area contributed by atoms with Crippen LogP contribution in [0.2, 0.25) is 0 Å². The molecule has 27 heavy (non-hydrogen) atoms. The van der Waals surface area contributed by atoms with Gasteiger partial charge in [0.2, 0.25) is 10.0 Å². The molecule has 2 N–H and O–H groups in total.